The average molecular weight is 1020 g/mol. The molecular weight excluding hydrogens is 960 g/mol. The maximum absolute atomic E-state index is 6.69. The smallest absolute Gasteiger partial charge is 0.252 e. The summed E-state index contributed by atoms with van der Waals surface area (Å²) < 4.78 is 13.4. The molecule has 13 aromatic rings. The molecule has 0 spiro atoms. The van der Waals surface area contributed by atoms with Crippen LogP contribution >= 0.6 is 0 Å². The Labute approximate surface area is 461 Å². The lowest BCUT2D eigenvalue weighted by molar-refractivity contribution is 0.590. The predicted molar refractivity (Wildman–Crippen MR) is 334 cm³/mol. The van der Waals surface area contributed by atoms with Crippen molar-refractivity contribution >= 4 is 101 Å². The van der Waals surface area contributed by atoms with Crippen molar-refractivity contribution in [2.45, 2.75) is 52.4 Å². The van der Waals surface area contributed by atoms with Crippen LogP contribution in [0.4, 0.5) is 34.1 Å². The zero-order valence-electron chi connectivity index (χ0n) is 45.3. The van der Waals surface area contributed by atoms with Crippen molar-refractivity contribution < 1.29 is 8.83 Å². The molecule has 0 saturated heterocycles. The van der Waals surface area contributed by atoms with Gasteiger partial charge < -0.3 is 18.6 Å². The van der Waals surface area contributed by atoms with E-state index in [9.17, 15) is 0 Å². The van der Waals surface area contributed by atoms with Gasteiger partial charge >= 0.3 is 0 Å². The fourth-order valence-corrected chi connectivity index (χ4v) is 12.8. The third-order valence-corrected chi connectivity index (χ3v) is 16.8. The number of hydrogen-bond donors (Lipinski definition) is 0. The number of nitrogens with zero attached hydrogens (tertiary/aromatic N) is 2. The van der Waals surface area contributed by atoms with E-state index in [1.54, 1.807) is 0 Å². The van der Waals surface area contributed by atoms with E-state index in [4.69, 9.17) is 8.83 Å². The monoisotopic (exact) mass is 1020 g/mol. The highest BCUT2D eigenvalue weighted by Gasteiger charge is 2.45. The van der Waals surface area contributed by atoms with Crippen LogP contribution in [-0.2, 0) is 10.8 Å². The van der Waals surface area contributed by atoms with Crippen LogP contribution in [0.15, 0.2) is 245 Å². The first kappa shape index (κ1) is 46.9. The standard InChI is InChI=1S/C74H57BN2O2/c1-73(2,3)50-37-41-64-61(44-50)75-60-38-36-51(74(4,5)6)45-67(60)77(63-40-35-49(43-59(63)47-22-11-8-12-23-47)53-27-18-29-57-55-25-14-16-33-69(55)79-72(53)57)66-31-19-30-65(70(66)75)76(64)62-39-34-48(42-58(62)46-20-9-7-10-21-46)52-26-17-28-56-54-24-13-15-32-68(54)78-71(52)56/h7-45H,1-6H3. The molecule has 0 aliphatic carbocycles. The van der Waals surface area contributed by atoms with Crippen molar-refractivity contribution in [1.82, 2.24) is 0 Å². The van der Waals surface area contributed by atoms with Crippen LogP contribution in [0.2, 0.25) is 0 Å². The number of benzene rings is 11. The lowest BCUT2D eigenvalue weighted by Gasteiger charge is -2.45. The summed E-state index contributed by atoms with van der Waals surface area (Å²) in [6.45, 7) is 13.9. The van der Waals surface area contributed by atoms with Crippen LogP contribution in [0.3, 0.4) is 0 Å². The van der Waals surface area contributed by atoms with Crippen molar-refractivity contribution in [2.75, 3.05) is 9.80 Å². The largest absolute Gasteiger partial charge is 0.455 e. The van der Waals surface area contributed by atoms with Crippen LogP contribution in [-0.4, -0.2) is 6.71 Å². The molecule has 2 aliphatic rings. The van der Waals surface area contributed by atoms with Gasteiger partial charge in [-0.3, -0.25) is 0 Å². The maximum atomic E-state index is 6.69. The average Bonchev–Trinajstić information content (AvgIpc) is 4.22. The Kier molecular flexibility index (Phi) is 10.5. The third-order valence-electron chi connectivity index (χ3n) is 16.8. The lowest BCUT2D eigenvalue weighted by atomic mass is 9.33. The van der Waals surface area contributed by atoms with Gasteiger partial charge in [-0.1, -0.05) is 217 Å². The Morgan fingerprint density at radius 3 is 1.28 bits per heavy atom. The molecule has 15 rings (SSSR count). The zero-order valence-corrected chi connectivity index (χ0v) is 45.3. The fraction of sp³-hybridized carbons (Fsp3) is 0.108. The third kappa shape index (κ3) is 7.43. The summed E-state index contributed by atoms with van der Waals surface area (Å²) in [5.41, 5.74) is 25.7. The number of furan rings is 2. The van der Waals surface area contributed by atoms with Gasteiger partial charge in [0.2, 0.25) is 0 Å². The Balaban J connectivity index is 0.993. The summed E-state index contributed by atoms with van der Waals surface area (Å²) >= 11 is 0. The molecule has 4 nitrogen and oxygen atoms in total. The topological polar surface area (TPSA) is 32.8 Å². The zero-order chi connectivity index (χ0) is 53.3. The number of rotatable bonds is 6. The normalized spacial score (nSPS) is 13.1. The fourth-order valence-electron chi connectivity index (χ4n) is 12.8. The highest BCUT2D eigenvalue weighted by Crippen LogP contribution is 2.51. The van der Waals surface area contributed by atoms with Gasteiger partial charge in [-0.15, -0.1) is 0 Å². The highest BCUT2D eigenvalue weighted by atomic mass is 16.3. The van der Waals surface area contributed by atoms with E-state index in [2.05, 4.69) is 276 Å². The molecular formula is C74H57BN2O2. The number of fused-ring (bicyclic) bond motifs is 10. The second kappa shape index (κ2) is 17.6. The van der Waals surface area contributed by atoms with E-state index >= 15 is 0 Å². The lowest BCUT2D eigenvalue weighted by Crippen LogP contribution is -2.61. The van der Waals surface area contributed by atoms with E-state index in [1.807, 2.05) is 12.1 Å². The first-order chi connectivity index (χ1) is 38.5. The van der Waals surface area contributed by atoms with Gasteiger partial charge in [0, 0.05) is 66.5 Å². The van der Waals surface area contributed by atoms with Gasteiger partial charge in [0.05, 0.1) is 11.4 Å². The molecule has 2 aliphatic heterocycles. The predicted octanol–water partition coefficient (Wildman–Crippen LogP) is 18.8. The summed E-state index contributed by atoms with van der Waals surface area (Å²) in [4.78, 5) is 5.15. The Morgan fingerprint density at radius 1 is 0.304 bits per heavy atom. The van der Waals surface area contributed by atoms with Crippen LogP contribution in [0.1, 0.15) is 52.7 Å². The second-order valence-electron chi connectivity index (χ2n) is 23.6. The molecule has 2 aromatic heterocycles. The molecule has 79 heavy (non-hydrogen) atoms. The molecule has 0 atom stereocenters. The maximum Gasteiger partial charge on any atom is 0.252 e. The first-order valence-electron chi connectivity index (χ1n) is 27.7. The summed E-state index contributed by atoms with van der Waals surface area (Å²) in [6, 6.07) is 87.2. The Hall–Kier alpha value is -9.32. The SMILES string of the molecule is CC(C)(C)c1ccc2c(c1)B1c3ccc(C(C)(C)C)cc3N(c3ccc(-c4cccc5c4oc4ccccc45)cc3-c3ccccc3)c3cccc(c31)N2c1ccc(-c2cccc3c2oc2ccccc23)cc1-c1ccccc1. The molecule has 11 aromatic carbocycles. The van der Waals surface area contributed by atoms with E-state index in [0.717, 1.165) is 111 Å². The van der Waals surface area contributed by atoms with E-state index in [0.29, 0.717) is 0 Å². The van der Waals surface area contributed by atoms with Gasteiger partial charge in [0.15, 0.2) is 0 Å². The molecule has 378 valence electrons. The van der Waals surface area contributed by atoms with Gasteiger partial charge in [0.1, 0.15) is 22.3 Å². The molecule has 0 N–H and O–H groups in total. The van der Waals surface area contributed by atoms with Crippen LogP contribution in [0.25, 0.3) is 88.4 Å². The Morgan fingerprint density at radius 2 is 0.747 bits per heavy atom. The quantitative estimate of drug-likeness (QED) is 0.155. The summed E-state index contributed by atoms with van der Waals surface area (Å²) in [7, 11) is 0. The molecule has 4 heterocycles. The summed E-state index contributed by atoms with van der Waals surface area (Å²) in [6.07, 6.45) is 0. The van der Waals surface area contributed by atoms with E-state index in [1.165, 1.54) is 38.9 Å². The minimum absolute atomic E-state index is 0.0599. The van der Waals surface area contributed by atoms with Gasteiger partial charge in [-0.2, -0.15) is 0 Å². The number of hydrogen-bond acceptors (Lipinski definition) is 4. The number of para-hydroxylation sites is 4. The molecule has 0 unspecified atom stereocenters. The van der Waals surface area contributed by atoms with Crippen LogP contribution in [0.5, 0.6) is 0 Å². The van der Waals surface area contributed by atoms with Crippen LogP contribution < -0.4 is 26.2 Å². The first-order valence-corrected chi connectivity index (χ1v) is 27.7. The summed E-state index contributed by atoms with van der Waals surface area (Å²) in [5.74, 6) is 0. The molecule has 0 radical (unpaired) electrons. The minimum atomic E-state index is -0.100. The second-order valence-corrected chi connectivity index (χ2v) is 23.6. The summed E-state index contributed by atoms with van der Waals surface area (Å²) in [5, 5.41) is 4.49. The van der Waals surface area contributed by atoms with Crippen LogP contribution in [0, 0.1) is 0 Å². The Bertz CT molecular complexity index is 4590. The van der Waals surface area contributed by atoms with E-state index < -0.39 is 0 Å². The molecule has 0 amide bonds. The van der Waals surface area contributed by atoms with Crippen molar-refractivity contribution in [3.63, 3.8) is 0 Å². The van der Waals surface area contributed by atoms with Gasteiger partial charge in [0.25, 0.3) is 6.71 Å². The molecule has 0 fully saturated rings. The van der Waals surface area contributed by atoms with Crippen molar-refractivity contribution in [2.24, 2.45) is 0 Å². The molecule has 5 heteroatoms. The van der Waals surface area contributed by atoms with Gasteiger partial charge in [-0.05, 0) is 121 Å². The minimum Gasteiger partial charge on any atom is -0.455 e. The molecule has 0 saturated carbocycles. The van der Waals surface area contributed by atoms with Crippen molar-refractivity contribution in [3.8, 4) is 44.5 Å². The number of anilines is 6. The molecule has 0 bridgehead atoms. The van der Waals surface area contributed by atoms with Gasteiger partial charge in [-0.25, -0.2) is 0 Å². The highest BCUT2D eigenvalue weighted by molar-refractivity contribution is 7.00. The van der Waals surface area contributed by atoms with E-state index in [-0.39, 0.29) is 17.5 Å². The van der Waals surface area contributed by atoms with Crippen molar-refractivity contribution in [1.29, 1.82) is 0 Å². The van der Waals surface area contributed by atoms with Crippen molar-refractivity contribution in [3.05, 3.63) is 248 Å².